The summed E-state index contributed by atoms with van der Waals surface area (Å²) in [5, 5.41) is 75.7. The minimum atomic E-state index is -1.66. The molecule has 0 aromatic carbocycles. The van der Waals surface area contributed by atoms with Crippen LogP contribution in [0.5, 0.6) is 0 Å². The summed E-state index contributed by atoms with van der Waals surface area (Å²) in [5.41, 5.74) is 0. The highest BCUT2D eigenvalue weighted by Crippen LogP contribution is 2.24. The largest absolute Gasteiger partial charge is 0.394 e. The van der Waals surface area contributed by atoms with Crippen LogP contribution in [0.4, 0.5) is 0 Å². The molecular formula is C62H121NO10. The lowest BCUT2D eigenvalue weighted by molar-refractivity contribution is -0.303. The summed E-state index contributed by atoms with van der Waals surface area (Å²) in [5.74, 6) is -0.704. The zero-order valence-electron chi connectivity index (χ0n) is 47.6. The topological polar surface area (TPSA) is 189 Å². The summed E-state index contributed by atoms with van der Waals surface area (Å²) < 4.78 is 11.1. The Morgan fingerprint density at radius 2 is 0.808 bits per heavy atom. The number of amides is 1. The number of hydrogen-bond donors (Lipinski definition) is 8. The van der Waals surface area contributed by atoms with E-state index in [1.54, 1.807) is 0 Å². The highest BCUT2D eigenvalue weighted by Gasteiger charge is 2.44. The zero-order valence-corrected chi connectivity index (χ0v) is 47.6. The third kappa shape index (κ3) is 39.8. The fraction of sp³-hybridized carbons (Fsp3) is 0.952. The molecule has 1 aliphatic rings. The van der Waals surface area contributed by atoms with Gasteiger partial charge in [0.2, 0.25) is 5.91 Å². The Balaban J connectivity index is 2.03. The molecule has 0 aliphatic carbocycles. The van der Waals surface area contributed by atoms with Crippen molar-refractivity contribution in [1.29, 1.82) is 0 Å². The number of allylic oxidation sites excluding steroid dienone is 2. The molecular weight excluding hydrogens is 919 g/mol. The van der Waals surface area contributed by atoms with Gasteiger partial charge in [-0.05, 0) is 38.5 Å². The quantitative estimate of drug-likeness (QED) is 0.0215. The van der Waals surface area contributed by atoms with Crippen LogP contribution in [0.1, 0.15) is 309 Å². The lowest BCUT2D eigenvalue weighted by atomic mass is 9.98. The van der Waals surface area contributed by atoms with Crippen LogP contribution in [0.15, 0.2) is 12.2 Å². The van der Waals surface area contributed by atoms with Gasteiger partial charge in [-0.15, -0.1) is 0 Å². The number of hydrogen-bond acceptors (Lipinski definition) is 10. The molecule has 1 fully saturated rings. The Hall–Kier alpha value is -1.15. The van der Waals surface area contributed by atoms with E-state index in [1.165, 1.54) is 225 Å². The molecule has 0 aromatic heterocycles. The van der Waals surface area contributed by atoms with E-state index in [9.17, 15) is 40.5 Å². The van der Waals surface area contributed by atoms with Gasteiger partial charge in [0, 0.05) is 0 Å². The van der Waals surface area contributed by atoms with E-state index < -0.39 is 74.2 Å². The van der Waals surface area contributed by atoms with E-state index in [0.29, 0.717) is 12.8 Å². The number of unbranched alkanes of at least 4 members (excludes halogenated alkanes) is 41. The van der Waals surface area contributed by atoms with Crippen LogP contribution < -0.4 is 5.32 Å². The van der Waals surface area contributed by atoms with Crippen molar-refractivity contribution in [3.05, 3.63) is 12.2 Å². The Kier molecular flexibility index (Phi) is 49.4. The second-order valence-corrected chi connectivity index (χ2v) is 22.5. The molecule has 434 valence electrons. The standard InChI is InChI=1S/C62H121NO10/c1-3-5-7-9-11-13-14-15-16-17-18-19-20-21-22-23-24-25-26-27-28-29-30-31-32-33-34-35-36-37-38-39-40-41-42-44-46-48-50-55(66)61(71)63-53(52-72-62-60(70)59(69)58(68)56(51-64)73-62)57(67)54(65)49-47-45-43-12-10-8-6-4-2/h12,43,53-60,62,64-70H,3-11,13-42,44-52H2,1-2H3,(H,63,71)/b43-12+. The van der Waals surface area contributed by atoms with Gasteiger partial charge in [-0.3, -0.25) is 4.79 Å². The Morgan fingerprint density at radius 3 is 1.18 bits per heavy atom. The van der Waals surface area contributed by atoms with Crippen LogP contribution in [0, 0.1) is 0 Å². The molecule has 1 aliphatic heterocycles. The first-order valence-corrected chi connectivity index (χ1v) is 31.6. The van der Waals surface area contributed by atoms with Crippen LogP contribution in [0.3, 0.4) is 0 Å². The van der Waals surface area contributed by atoms with E-state index in [1.807, 2.05) is 0 Å². The molecule has 1 amide bonds. The van der Waals surface area contributed by atoms with Crippen molar-refractivity contribution >= 4 is 5.91 Å². The van der Waals surface area contributed by atoms with Crippen molar-refractivity contribution in [2.45, 2.75) is 364 Å². The van der Waals surface area contributed by atoms with E-state index in [0.717, 1.165) is 44.9 Å². The van der Waals surface area contributed by atoms with Crippen LogP contribution >= 0.6 is 0 Å². The lowest BCUT2D eigenvalue weighted by Gasteiger charge is -2.40. The van der Waals surface area contributed by atoms with Crippen LogP contribution in [0.2, 0.25) is 0 Å². The van der Waals surface area contributed by atoms with Crippen LogP contribution in [-0.4, -0.2) is 110 Å². The second-order valence-electron chi connectivity index (χ2n) is 22.5. The smallest absolute Gasteiger partial charge is 0.249 e. The monoisotopic (exact) mass is 1040 g/mol. The first-order valence-electron chi connectivity index (χ1n) is 31.6. The highest BCUT2D eigenvalue weighted by molar-refractivity contribution is 5.80. The molecule has 0 bridgehead atoms. The van der Waals surface area contributed by atoms with Crippen LogP contribution in [-0.2, 0) is 14.3 Å². The number of nitrogens with one attached hydrogen (secondary N) is 1. The molecule has 1 heterocycles. The number of aliphatic hydroxyl groups excluding tert-OH is 7. The third-order valence-electron chi connectivity index (χ3n) is 15.6. The molecule has 9 atom stereocenters. The van der Waals surface area contributed by atoms with Crippen molar-refractivity contribution in [2.75, 3.05) is 13.2 Å². The predicted octanol–water partition coefficient (Wildman–Crippen LogP) is 13.9. The minimum Gasteiger partial charge on any atom is -0.394 e. The summed E-state index contributed by atoms with van der Waals surface area (Å²) in [6, 6.07) is -1.18. The first-order chi connectivity index (χ1) is 35.7. The number of ether oxygens (including phenoxy) is 2. The van der Waals surface area contributed by atoms with Gasteiger partial charge in [0.05, 0.1) is 25.4 Å². The fourth-order valence-electron chi connectivity index (χ4n) is 10.4. The van der Waals surface area contributed by atoms with Gasteiger partial charge < -0.3 is 50.5 Å². The summed E-state index contributed by atoms with van der Waals surface area (Å²) in [7, 11) is 0. The van der Waals surface area contributed by atoms with Gasteiger partial charge in [0.1, 0.15) is 36.6 Å². The average Bonchev–Trinajstić information content (AvgIpc) is 3.39. The molecule has 0 radical (unpaired) electrons. The maximum atomic E-state index is 13.1. The first kappa shape index (κ1) is 69.9. The summed E-state index contributed by atoms with van der Waals surface area (Å²) in [6.07, 6.45) is 50.8. The number of aliphatic hydroxyl groups is 7. The third-order valence-corrected chi connectivity index (χ3v) is 15.6. The van der Waals surface area contributed by atoms with Crippen molar-refractivity contribution < 1.29 is 50.0 Å². The van der Waals surface area contributed by atoms with Crippen molar-refractivity contribution in [1.82, 2.24) is 5.32 Å². The molecule has 11 heteroatoms. The summed E-state index contributed by atoms with van der Waals surface area (Å²) in [4.78, 5) is 13.1. The predicted molar refractivity (Wildman–Crippen MR) is 303 cm³/mol. The normalized spacial score (nSPS) is 19.9. The highest BCUT2D eigenvalue weighted by atomic mass is 16.7. The van der Waals surface area contributed by atoms with Gasteiger partial charge in [-0.25, -0.2) is 0 Å². The van der Waals surface area contributed by atoms with Crippen molar-refractivity contribution in [3.8, 4) is 0 Å². The second kappa shape index (κ2) is 51.6. The van der Waals surface area contributed by atoms with E-state index >= 15 is 0 Å². The van der Waals surface area contributed by atoms with Crippen molar-refractivity contribution in [2.24, 2.45) is 0 Å². The molecule has 0 spiro atoms. The Bertz CT molecular complexity index is 1190. The summed E-state index contributed by atoms with van der Waals surface area (Å²) in [6.45, 7) is 3.39. The number of carbonyl (C=O) groups is 1. The maximum absolute atomic E-state index is 13.1. The minimum absolute atomic E-state index is 0.259. The van der Waals surface area contributed by atoms with Crippen molar-refractivity contribution in [3.63, 3.8) is 0 Å². The Labute approximate surface area is 449 Å². The molecule has 1 saturated heterocycles. The molecule has 0 aromatic rings. The molecule has 9 unspecified atom stereocenters. The van der Waals surface area contributed by atoms with Gasteiger partial charge in [-0.2, -0.15) is 0 Å². The molecule has 73 heavy (non-hydrogen) atoms. The average molecular weight is 1040 g/mol. The van der Waals surface area contributed by atoms with Gasteiger partial charge in [-0.1, -0.05) is 283 Å². The van der Waals surface area contributed by atoms with E-state index in [-0.39, 0.29) is 12.8 Å². The molecule has 8 N–H and O–H groups in total. The van der Waals surface area contributed by atoms with Gasteiger partial charge in [0.25, 0.3) is 0 Å². The molecule has 1 rings (SSSR count). The SMILES string of the molecule is CCCCC/C=C/CCCC(O)C(O)C(COC1OC(CO)C(O)C(O)C1O)NC(=O)C(O)CCCCCCCCCCCCCCCCCCCCCCCCCCCCCCCCCCCCCCCC. The number of carbonyl (C=O) groups excluding carboxylic acids is 1. The van der Waals surface area contributed by atoms with E-state index in [4.69, 9.17) is 9.47 Å². The van der Waals surface area contributed by atoms with Crippen LogP contribution in [0.25, 0.3) is 0 Å². The van der Waals surface area contributed by atoms with Gasteiger partial charge >= 0.3 is 0 Å². The number of rotatable bonds is 55. The zero-order chi connectivity index (χ0) is 53.3. The maximum Gasteiger partial charge on any atom is 0.249 e. The lowest BCUT2D eigenvalue weighted by Crippen LogP contribution is -2.60. The fourth-order valence-corrected chi connectivity index (χ4v) is 10.4. The van der Waals surface area contributed by atoms with E-state index in [2.05, 4.69) is 31.3 Å². The summed E-state index contributed by atoms with van der Waals surface area (Å²) >= 11 is 0. The molecule has 0 saturated carbocycles. The Morgan fingerprint density at radius 1 is 0.466 bits per heavy atom. The van der Waals surface area contributed by atoms with Gasteiger partial charge in [0.15, 0.2) is 6.29 Å². The molecule has 11 nitrogen and oxygen atoms in total.